The molecule has 2 aromatic carbocycles. The van der Waals surface area contributed by atoms with Gasteiger partial charge in [0, 0.05) is 38.4 Å². The van der Waals surface area contributed by atoms with Gasteiger partial charge >= 0.3 is 0 Å². The number of methoxy groups -OCH3 is 1. The Bertz CT molecular complexity index is 740. The van der Waals surface area contributed by atoms with Crippen LogP contribution < -0.4 is 15.0 Å². The van der Waals surface area contributed by atoms with Crippen LogP contribution in [0.1, 0.15) is 25.3 Å². The summed E-state index contributed by atoms with van der Waals surface area (Å²) in [5, 5.41) is 3.13. The molecule has 5 heteroatoms. The Kier molecular flexibility index (Phi) is 6.93. The first-order valence-electron chi connectivity index (χ1n) is 10.0. The van der Waals surface area contributed by atoms with Crippen molar-refractivity contribution in [1.29, 1.82) is 0 Å². The molecule has 0 bridgehead atoms. The number of carbonyl (C=O) groups excluding carboxylic acids is 1. The maximum atomic E-state index is 12.6. The molecule has 2 unspecified atom stereocenters. The first-order chi connectivity index (χ1) is 13.6. The van der Waals surface area contributed by atoms with E-state index in [2.05, 4.69) is 46.3 Å². The number of benzene rings is 2. The van der Waals surface area contributed by atoms with Crippen molar-refractivity contribution < 1.29 is 9.53 Å². The van der Waals surface area contributed by atoms with E-state index in [9.17, 15) is 4.79 Å². The van der Waals surface area contributed by atoms with E-state index in [1.54, 1.807) is 7.11 Å². The van der Waals surface area contributed by atoms with Gasteiger partial charge in [-0.25, -0.2) is 0 Å². The van der Waals surface area contributed by atoms with Crippen molar-refractivity contribution in [2.24, 2.45) is 0 Å². The number of ether oxygens (including phenoxy) is 1. The monoisotopic (exact) mass is 381 g/mol. The van der Waals surface area contributed by atoms with E-state index < -0.39 is 0 Å². The van der Waals surface area contributed by atoms with Crippen LogP contribution in [0.25, 0.3) is 0 Å². The molecule has 2 aromatic rings. The summed E-state index contributed by atoms with van der Waals surface area (Å²) in [7, 11) is 1.68. The Morgan fingerprint density at radius 2 is 1.64 bits per heavy atom. The third-order valence-electron chi connectivity index (χ3n) is 5.63. The third-order valence-corrected chi connectivity index (χ3v) is 5.63. The highest BCUT2D eigenvalue weighted by Crippen LogP contribution is 2.21. The van der Waals surface area contributed by atoms with Gasteiger partial charge in [0.2, 0.25) is 5.91 Å². The molecular weight excluding hydrogens is 350 g/mol. The number of hydrogen-bond acceptors (Lipinski definition) is 4. The second-order valence-electron chi connectivity index (χ2n) is 7.45. The number of anilines is 1. The molecule has 0 radical (unpaired) electrons. The lowest BCUT2D eigenvalue weighted by atomic mass is 10.0. The van der Waals surface area contributed by atoms with Gasteiger partial charge in [0.15, 0.2) is 0 Å². The lowest BCUT2D eigenvalue weighted by molar-refractivity contribution is -0.126. The Balaban J connectivity index is 1.46. The molecule has 1 aliphatic rings. The van der Waals surface area contributed by atoms with Crippen LogP contribution in [0.2, 0.25) is 0 Å². The van der Waals surface area contributed by atoms with Crippen LogP contribution >= 0.6 is 0 Å². The number of piperazine rings is 1. The molecule has 5 nitrogen and oxygen atoms in total. The lowest BCUT2D eigenvalue weighted by Gasteiger charge is -2.38. The number of nitrogens with one attached hydrogen (secondary N) is 1. The summed E-state index contributed by atoms with van der Waals surface area (Å²) in [6, 6.07) is 18.4. The fraction of sp³-hybridized carbons (Fsp3) is 0.435. The smallest absolute Gasteiger partial charge is 0.237 e. The van der Waals surface area contributed by atoms with E-state index in [1.165, 1.54) is 11.3 Å². The molecule has 2 atom stereocenters. The van der Waals surface area contributed by atoms with Crippen LogP contribution in [0.5, 0.6) is 5.75 Å². The van der Waals surface area contributed by atoms with E-state index in [1.807, 2.05) is 37.3 Å². The summed E-state index contributed by atoms with van der Waals surface area (Å²) in [6.45, 7) is 8.43. The van der Waals surface area contributed by atoms with Gasteiger partial charge in [-0.15, -0.1) is 0 Å². The second kappa shape index (κ2) is 9.60. The predicted molar refractivity (Wildman–Crippen MR) is 114 cm³/mol. The first-order valence-corrected chi connectivity index (χ1v) is 10.0. The molecule has 1 N–H and O–H groups in total. The minimum atomic E-state index is -0.110. The van der Waals surface area contributed by atoms with Crippen LogP contribution in [0.15, 0.2) is 54.6 Å². The summed E-state index contributed by atoms with van der Waals surface area (Å²) >= 11 is 0. The first kappa shape index (κ1) is 20.2. The second-order valence-corrected chi connectivity index (χ2v) is 7.45. The zero-order chi connectivity index (χ0) is 19.9. The van der Waals surface area contributed by atoms with Crippen LogP contribution in [0.4, 0.5) is 5.69 Å². The van der Waals surface area contributed by atoms with Crippen molar-refractivity contribution >= 4 is 11.6 Å². The van der Waals surface area contributed by atoms with E-state index in [4.69, 9.17) is 4.74 Å². The number of hydrogen-bond donors (Lipinski definition) is 1. The number of rotatable bonds is 7. The molecule has 28 heavy (non-hydrogen) atoms. The van der Waals surface area contributed by atoms with E-state index in [0.717, 1.165) is 31.9 Å². The third kappa shape index (κ3) is 5.04. The van der Waals surface area contributed by atoms with E-state index in [0.29, 0.717) is 12.5 Å². The van der Waals surface area contributed by atoms with Crippen LogP contribution in [-0.4, -0.2) is 56.7 Å². The van der Waals surface area contributed by atoms with Gasteiger partial charge in [-0.2, -0.15) is 0 Å². The maximum Gasteiger partial charge on any atom is 0.237 e. The highest BCUT2D eigenvalue weighted by atomic mass is 16.5. The van der Waals surface area contributed by atoms with Gasteiger partial charge in [-0.1, -0.05) is 37.3 Å². The lowest BCUT2D eigenvalue weighted by Crippen LogP contribution is -2.54. The Morgan fingerprint density at radius 3 is 2.25 bits per heavy atom. The average Bonchev–Trinajstić information content (AvgIpc) is 2.77. The average molecular weight is 382 g/mol. The van der Waals surface area contributed by atoms with Gasteiger partial charge in [-0.3, -0.25) is 9.69 Å². The maximum absolute atomic E-state index is 12.6. The summed E-state index contributed by atoms with van der Waals surface area (Å²) in [4.78, 5) is 17.2. The molecular formula is C23H31N3O2. The van der Waals surface area contributed by atoms with Gasteiger partial charge in [0.05, 0.1) is 13.2 Å². The molecule has 1 saturated heterocycles. The van der Waals surface area contributed by atoms with Gasteiger partial charge < -0.3 is 15.0 Å². The highest BCUT2D eigenvalue weighted by Gasteiger charge is 2.25. The van der Waals surface area contributed by atoms with Crippen LogP contribution in [0.3, 0.4) is 0 Å². The fourth-order valence-electron chi connectivity index (χ4n) is 3.63. The highest BCUT2D eigenvalue weighted by molar-refractivity contribution is 5.81. The number of amides is 1. The Hall–Kier alpha value is -2.53. The molecule has 1 aliphatic heterocycles. The summed E-state index contributed by atoms with van der Waals surface area (Å²) in [5.74, 6) is 1.29. The molecule has 3 rings (SSSR count). The minimum Gasteiger partial charge on any atom is -0.497 e. The zero-order valence-corrected chi connectivity index (χ0v) is 17.1. The molecule has 0 saturated carbocycles. The Labute approximate surface area is 168 Å². The van der Waals surface area contributed by atoms with Crippen molar-refractivity contribution in [2.45, 2.75) is 25.8 Å². The van der Waals surface area contributed by atoms with Crippen LogP contribution in [0, 0.1) is 0 Å². The molecule has 0 spiro atoms. The molecule has 1 heterocycles. The topological polar surface area (TPSA) is 44.8 Å². The largest absolute Gasteiger partial charge is 0.497 e. The van der Waals surface area contributed by atoms with Crippen LogP contribution in [-0.2, 0) is 4.79 Å². The summed E-state index contributed by atoms with van der Waals surface area (Å²) < 4.78 is 5.23. The molecule has 1 amide bonds. The standard InChI is InChI=1S/C23H31N3O2/c1-18(20-7-5-4-6-8-20)17-24-23(27)19(2)25-13-15-26(16-14-25)21-9-11-22(28-3)12-10-21/h4-12,18-19H,13-17H2,1-3H3,(H,24,27). The van der Waals surface area contributed by atoms with Crippen molar-refractivity contribution in [1.82, 2.24) is 10.2 Å². The Morgan fingerprint density at radius 1 is 1.00 bits per heavy atom. The van der Waals surface area contributed by atoms with Crippen molar-refractivity contribution in [2.75, 3.05) is 44.7 Å². The minimum absolute atomic E-state index is 0.110. The number of carbonyl (C=O) groups is 1. The van der Waals surface area contributed by atoms with Crippen molar-refractivity contribution in [3.05, 3.63) is 60.2 Å². The molecule has 150 valence electrons. The normalized spacial score (nSPS) is 17.0. The zero-order valence-electron chi connectivity index (χ0n) is 17.1. The quantitative estimate of drug-likeness (QED) is 0.800. The SMILES string of the molecule is COc1ccc(N2CCN(C(C)C(=O)NCC(C)c3ccccc3)CC2)cc1. The fourth-order valence-corrected chi connectivity index (χ4v) is 3.63. The van der Waals surface area contributed by atoms with E-state index >= 15 is 0 Å². The number of nitrogens with zero attached hydrogens (tertiary/aromatic N) is 2. The van der Waals surface area contributed by atoms with Gasteiger partial charge in [-0.05, 0) is 42.7 Å². The molecule has 0 aromatic heterocycles. The summed E-state index contributed by atoms with van der Waals surface area (Å²) in [6.07, 6.45) is 0. The van der Waals surface area contributed by atoms with E-state index in [-0.39, 0.29) is 11.9 Å². The van der Waals surface area contributed by atoms with Crippen molar-refractivity contribution in [3.63, 3.8) is 0 Å². The molecule has 0 aliphatic carbocycles. The van der Waals surface area contributed by atoms with Crippen molar-refractivity contribution in [3.8, 4) is 5.75 Å². The molecule has 1 fully saturated rings. The van der Waals surface area contributed by atoms with Gasteiger partial charge in [0.1, 0.15) is 5.75 Å². The van der Waals surface area contributed by atoms with Gasteiger partial charge in [0.25, 0.3) is 0 Å². The predicted octanol–water partition coefficient (Wildman–Crippen LogP) is 3.13. The summed E-state index contributed by atoms with van der Waals surface area (Å²) in [5.41, 5.74) is 2.46.